The van der Waals surface area contributed by atoms with Crippen LogP contribution in [0.3, 0.4) is 0 Å². The number of terminal acetylenes is 1. The molecule has 8 heteroatoms. The van der Waals surface area contributed by atoms with E-state index in [0.29, 0.717) is 48.2 Å². The van der Waals surface area contributed by atoms with Crippen molar-refractivity contribution < 1.29 is 38.9 Å². The number of hydrogen-bond donors (Lipinski definition) is 2. The molecule has 4 saturated carbocycles. The van der Waals surface area contributed by atoms with Crippen LogP contribution in [0.5, 0.6) is 5.75 Å². The van der Waals surface area contributed by atoms with Gasteiger partial charge in [-0.1, -0.05) is 44.9 Å². The summed E-state index contributed by atoms with van der Waals surface area (Å²) in [5.41, 5.74) is 4.14. The topological polar surface area (TPSA) is 127 Å². The van der Waals surface area contributed by atoms with Crippen molar-refractivity contribution in [2.24, 2.45) is 45.8 Å². The SMILES string of the molecule is C#COC(C)=O.CC(=O)O[C@]1(C(C)=O)CC[C@H]2[C@@H]3C=C(C)C4=CC(=O)CC[C@]4(C)[C@H]3CC[C@@]21C.C[C@]12CC[C@@H]3c4ccc(O)cc4CC[C@H]3[C@@H]1CC[C@@H]2O. The van der Waals surface area contributed by atoms with Crippen LogP contribution in [0.4, 0.5) is 0 Å². The first-order valence-corrected chi connectivity index (χ1v) is 20.2. The fourth-order valence-corrected chi connectivity index (χ4v) is 13.1. The summed E-state index contributed by atoms with van der Waals surface area (Å²) < 4.78 is 9.75. The van der Waals surface area contributed by atoms with E-state index in [1.165, 1.54) is 55.4 Å². The van der Waals surface area contributed by atoms with Crippen LogP contribution in [-0.2, 0) is 35.1 Å². The van der Waals surface area contributed by atoms with Crippen molar-refractivity contribution in [2.75, 3.05) is 0 Å². The highest BCUT2D eigenvalue weighted by Gasteiger charge is 2.67. The molecule has 0 radical (unpaired) electrons. The Morgan fingerprint density at radius 2 is 1.59 bits per heavy atom. The number of carbonyl (C=O) groups is 4. The summed E-state index contributed by atoms with van der Waals surface area (Å²) in [6.07, 6.45) is 22.2. The van der Waals surface area contributed by atoms with Gasteiger partial charge in [0.25, 0.3) is 0 Å². The van der Waals surface area contributed by atoms with Crippen LogP contribution in [0.1, 0.15) is 136 Å². The fraction of sp³-hybridized carbons (Fsp3) is 0.652. The number of phenolic OH excluding ortho intramolecular Hbond substituents is 1. The highest BCUT2D eigenvalue weighted by atomic mass is 16.6. The van der Waals surface area contributed by atoms with Crippen LogP contribution in [0.25, 0.3) is 0 Å². The zero-order valence-electron chi connectivity index (χ0n) is 33.3. The van der Waals surface area contributed by atoms with Crippen molar-refractivity contribution in [1.29, 1.82) is 0 Å². The predicted octanol–water partition coefficient (Wildman–Crippen LogP) is 8.32. The van der Waals surface area contributed by atoms with Gasteiger partial charge in [0.05, 0.1) is 6.10 Å². The summed E-state index contributed by atoms with van der Waals surface area (Å²) in [5.74, 6) is 3.07. The number of hydrogen-bond acceptors (Lipinski definition) is 8. The zero-order valence-corrected chi connectivity index (χ0v) is 33.3. The van der Waals surface area contributed by atoms with Gasteiger partial charge >= 0.3 is 11.9 Å². The van der Waals surface area contributed by atoms with Crippen molar-refractivity contribution in [2.45, 2.75) is 143 Å². The average molecular weight is 741 g/mol. The van der Waals surface area contributed by atoms with Crippen LogP contribution in [0, 0.1) is 58.4 Å². The molecule has 0 aliphatic heterocycles. The molecule has 2 N–H and O–H groups in total. The number of aliphatic hydroxyl groups excluding tert-OH is 1. The van der Waals surface area contributed by atoms with Crippen LogP contribution >= 0.6 is 0 Å². The van der Waals surface area contributed by atoms with Gasteiger partial charge in [0.2, 0.25) is 0 Å². The van der Waals surface area contributed by atoms with Gasteiger partial charge in [-0.25, -0.2) is 0 Å². The average Bonchev–Trinajstić information content (AvgIpc) is 3.58. The van der Waals surface area contributed by atoms with E-state index in [1.807, 2.05) is 18.2 Å². The lowest BCUT2D eigenvalue weighted by molar-refractivity contribution is -0.185. The normalized spacial score (nSPS) is 39.6. The molecule has 1 aromatic rings. The number of aromatic hydroxyl groups is 1. The van der Waals surface area contributed by atoms with E-state index in [2.05, 4.69) is 51.0 Å². The second kappa shape index (κ2) is 14.8. The summed E-state index contributed by atoms with van der Waals surface area (Å²) in [4.78, 5) is 46.4. The molecule has 11 atom stereocenters. The minimum Gasteiger partial charge on any atom is -0.508 e. The number of esters is 2. The molecule has 8 nitrogen and oxygen atoms in total. The Labute approximate surface area is 321 Å². The molecule has 1 aromatic carbocycles. The van der Waals surface area contributed by atoms with Crippen molar-refractivity contribution in [3.8, 4) is 18.3 Å². The predicted molar refractivity (Wildman–Crippen MR) is 206 cm³/mol. The second-order valence-corrected chi connectivity index (χ2v) is 18.2. The molecule has 7 aliphatic carbocycles. The molecular weight excluding hydrogens is 680 g/mol. The third-order valence-corrected chi connectivity index (χ3v) is 15.7. The minimum absolute atomic E-state index is 0.0160. The van der Waals surface area contributed by atoms with Crippen LogP contribution in [0.2, 0.25) is 0 Å². The number of rotatable bonds is 2. The quantitative estimate of drug-likeness (QED) is 0.229. The van der Waals surface area contributed by atoms with Gasteiger partial charge in [-0.2, -0.15) is 0 Å². The molecule has 0 heterocycles. The molecule has 292 valence electrons. The summed E-state index contributed by atoms with van der Waals surface area (Å²) >= 11 is 0. The molecule has 8 rings (SSSR count). The van der Waals surface area contributed by atoms with Crippen molar-refractivity contribution >= 4 is 23.5 Å². The zero-order chi connectivity index (χ0) is 39.4. The lowest BCUT2D eigenvalue weighted by Crippen LogP contribution is -2.58. The Hall–Kier alpha value is -3.70. The number of Topliss-reactive ketones (excluding diaryl/α,β-unsaturated/α-hetero) is 1. The molecule has 0 spiro atoms. The van der Waals surface area contributed by atoms with E-state index < -0.39 is 11.6 Å². The third-order valence-electron chi connectivity index (χ3n) is 15.7. The number of ketones is 2. The second-order valence-electron chi connectivity index (χ2n) is 18.2. The van der Waals surface area contributed by atoms with Gasteiger partial charge in [-0.05, 0) is 166 Å². The maximum atomic E-state index is 12.8. The molecule has 54 heavy (non-hydrogen) atoms. The molecule has 7 aliphatic rings. The maximum absolute atomic E-state index is 12.8. The number of aryl methyl sites for hydroxylation is 1. The summed E-state index contributed by atoms with van der Waals surface area (Å²) in [6, 6.07) is 5.96. The minimum atomic E-state index is -0.990. The monoisotopic (exact) mass is 740 g/mol. The number of benzene rings is 1. The third kappa shape index (κ3) is 6.56. The molecule has 4 fully saturated rings. The molecule has 0 aromatic heterocycles. The highest BCUT2D eigenvalue weighted by Crippen LogP contribution is 2.68. The molecule has 0 amide bonds. The van der Waals surface area contributed by atoms with Crippen molar-refractivity contribution in [3.63, 3.8) is 0 Å². The Morgan fingerprint density at radius 3 is 2.24 bits per heavy atom. The van der Waals surface area contributed by atoms with Crippen LogP contribution in [0.15, 0.2) is 41.5 Å². The van der Waals surface area contributed by atoms with Gasteiger partial charge in [-0.3, -0.25) is 19.2 Å². The number of allylic oxidation sites excluding steroid dienone is 4. The van der Waals surface area contributed by atoms with E-state index in [0.717, 1.165) is 50.9 Å². The fourth-order valence-electron chi connectivity index (χ4n) is 13.1. The molecule has 0 saturated heterocycles. The number of carbonyl (C=O) groups excluding carboxylic acids is 4. The van der Waals surface area contributed by atoms with Crippen molar-refractivity contribution in [1.82, 2.24) is 0 Å². The van der Waals surface area contributed by atoms with E-state index in [1.54, 1.807) is 13.0 Å². The highest BCUT2D eigenvalue weighted by molar-refractivity contribution is 5.92. The largest absolute Gasteiger partial charge is 0.508 e. The summed E-state index contributed by atoms with van der Waals surface area (Å²) in [5, 5.41) is 20.0. The van der Waals surface area contributed by atoms with Gasteiger partial charge < -0.3 is 19.7 Å². The summed E-state index contributed by atoms with van der Waals surface area (Å²) in [6.45, 7) is 13.2. The smallest absolute Gasteiger partial charge is 0.316 e. The molecular formula is C46H60O8. The summed E-state index contributed by atoms with van der Waals surface area (Å²) in [7, 11) is 0. The Bertz CT molecular complexity index is 1800. The number of fused-ring (bicyclic) bond motifs is 10. The molecule has 0 bridgehead atoms. The van der Waals surface area contributed by atoms with Gasteiger partial charge in [0.15, 0.2) is 17.2 Å². The van der Waals surface area contributed by atoms with E-state index in [4.69, 9.17) is 4.74 Å². The molecule has 0 unspecified atom stereocenters. The number of aliphatic hydroxyl groups is 1. The van der Waals surface area contributed by atoms with E-state index >= 15 is 0 Å². The Morgan fingerprint density at radius 1 is 0.870 bits per heavy atom. The van der Waals surface area contributed by atoms with Gasteiger partial charge in [0.1, 0.15) is 11.9 Å². The number of phenols is 1. The first kappa shape index (κ1) is 40.0. The first-order chi connectivity index (χ1) is 25.4. The lowest BCUT2D eigenvalue weighted by atomic mass is 9.47. The van der Waals surface area contributed by atoms with Gasteiger partial charge in [0, 0.05) is 25.7 Å². The maximum Gasteiger partial charge on any atom is 0.316 e. The van der Waals surface area contributed by atoms with E-state index in [9.17, 15) is 29.4 Å². The Kier molecular flexibility index (Phi) is 10.9. The van der Waals surface area contributed by atoms with Crippen molar-refractivity contribution in [3.05, 3.63) is 52.6 Å². The lowest BCUT2D eigenvalue weighted by Gasteiger charge is -2.58. The standard InChI is InChI=1S/C24H32O4.C18H24O2.C4H4O2/c1-14-12-18-19(22(4)9-6-17(27)13-21(14)22)7-10-23(5)20(18)8-11-24(23,15(2)25)28-16(3)26;1-18-9-8-14-13-5-3-12(19)10-11(13)2-4-15(14)16(18)6-7-17(18)20;1-3-6-4(2)5/h12-13,18-20H,6-11H2,1-5H3;3,5,10,14-17,19-20H,2,4,6-9H2,1H3;1H,2H3/t18-,19+,20+,22-,23+,24+;14-,15-,16+,17+,18+;/m11./s1. The van der Waals surface area contributed by atoms with Gasteiger partial charge in [-0.15, -0.1) is 0 Å². The van der Waals surface area contributed by atoms with Crippen LogP contribution < -0.4 is 0 Å². The Balaban J connectivity index is 0.000000166. The first-order valence-electron chi connectivity index (χ1n) is 20.2. The van der Waals surface area contributed by atoms with E-state index in [-0.39, 0.29) is 39.9 Å². The number of ether oxygens (including phenoxy) is 2. The van der Waals surface area contributed by atoms with Crippen LogP contribution in [-0.4, -0.2) is 45.4 Å².